The van der Waals surface area contributed by atoms with Gasteiger partial charge >= 0.3 is 0 Å². The van der Waals surface area contributed by atoms with E-state index in [1.165, 1.54) is 5.56 Å². The van der Waals surface area contributed by atoms with Crippen LogP contribution in [0.1, 0.15) is 48.2 Å². The Morgan fingerprint density at radius 1 is 1.14 bits per heavy atom. The van der Waals surface area contributed by atoms with Gasteiger partial charge in [-0.05, 0) is 69.1 Å². The molecule has 1 heterocycles. The predicted octanol–water partition coefficient (Wildman–Crippen LogP) is 3.82. The van der Waals surface area contributed by atoms with E-state index in [0.717, 1.165) is 31.6 Å². The minimum absolute atomic E-state index is 0.00445. The molecule has 1 fully saturated rings. The molecule has 28 heavy (non-hydrogen) atoms. The van der Waals surface area contributed by atoms with E-state index in [0.29, 0.717) is 17.3 Å². The van der Waals surface area contributed by atoms with E-state index in [1.807, 2.05) is 24.3 Å². The minimum atomic E-state index is -0.136. The second kappa shape index (κ2) is 8.86. The average Bonchev–Trinajstić information content (AvgIpc) is 2.68. The number of rotatable bonds is 6. The highest BCUT2D eigenvalue weighted by atomic mass is 16.5. The zero-order valence-electron chi connectivity index (χ0n) is 16.9. The molecule has 1 atom stereocenters. The molecule has 2 aromatic carbocycles. The number of carbonyl (C=O) groups is 1. The zero-order valence-corrected chi connectivity index (χ0v) is 16.9. The summed E-state index contributed by atoms with van der Waals surface area (Å²) in [6, 6.07) is 15.5. The SMILES string of the molecule is CN(Cc1ccc(C(=O)Nc2ccc(CO)cc2)cc1)[C@H]1CCOC(C)(C)C1. The van der Waals surface area contributed by atoms with E-state index < -0.39 is 0 Å². The molecule has 1 saturated heterocycles. The number of anilines is 1. The number of nitrogens with one attached hydrogen (secondary N) is 1. The Bertz CT molecular complexity index is 784. The van der Waals surface area contributed by atoms with Crippen molar-refractivity contribution in [2.24, 2.45) is 0 Å². The van der Waals surface area contributed by atoms with Crippen LogP contribution >= 0.6 is 0 Å². The highest BCUT2D eigenvalue weighted by Crippen LogP contribution is 2.27. The highest BCUT2D eigenvalue weighted by molar-refractivity contribution is 6.04. The fraction of sp³-hybridized carbons (Fsp3) is 0.435. The minimum Gasteiger partial charge on any atom is -0.392 e. The van der Waals surface area contributed by atoms with Crippen molar-refractivity contribution >= 4 is 11.6 Å². The number of hydrogen-bond acceptors (Lipinski definition) is 4. The molecular formula is C23H30N2O3. The highest BCUT2D eigenvalue weighted by Gasteiger charge is 2.30. The van der Waals surface area contributed by atoms with Crippen LogP contribution in [0.4, 0.5) is 5.69 Å². The number of ether oxygens (including phenoxy) is 1. The van der Waals surface area contributed by atoms with Crippen molar-refractivity contribution in [3.8, 4) is 0 Å². The van der Waals surface area contributed by atoms with E-state index in [1.54, 1.807) is 24.3 Å². The molecule has 1 aliphatic heterocycles. The van der Waals surface area contributed by atoms with Crippen LogP contribution in [-0.2, 0) is 17.9 Å². The quantitative estimate of drug-likeness (QED) is 0.797. The van der Waals surface area contributed by atoms with Crippen molar-refractivity contribution in [1.82, 2.24) is 4.90 Å². The Hall–Kier alpha value is -2.21. The normalized spacial score (nSPS) is 18.8. The van der Waals surface area contributed by atoms with Gasteiger partial charge in [0.2, 0.25) is 0 Å². The third-order valence-corrected chi connectivity index (χ3v) is 5.34. The van der Waals surface area contributed by atoms with Crippen LogP contribution < -0.4 is 5.32 Å². The monoisotopic (exact) mass is 382 g/mol. The number of carbonyl (C=O) groups excluding carboxylic acids is 1. The van der Waals surface area contributed by atoms with E-state index in [4.69, 9.17) is 9.84 Å². The van der Waals surface area contributed by atoms with E-state index in [9.17, 15) is 4.79 Å². The molecule has 1 amide bonds. The van der Waals surface area contributed by atoms with Gasteiger partial charge in [0.05, 0.1) is 12.2 Å². The van der Waals surface area contributed by atoms with Crippen molar-refractivity contribution in [3.63, 3.8) is 0 Å². The molecule has 0 aliphatic carbocycles. The molecule has 0 radical (unpaired) electrons. The summed E-state index contributed by atoms with van der Waals surface area (Å²) in [4.78, 5) is 14.8. The molecule has 0 saturated carbocycles. The molecule has 3 rings (SSSR count). The summed E-state index contributed by atoms with van der Waals surface area (Å²) >= 11 is 0. The van der Waals surface area contributed by atoms with Crippen LogP contribution in [0.3, 0.4) is 0 Å². The first kappa shape index (κ1) is 20.5. The van der Waals surface area contributed by atoms with Gasteiger partial charge in [0.15, 0.2) is 0 Å². The van der Waals surface area contributed by atoms with Gasteiger partial charge in [-0.1, -0.05) is 24.3 Å². The van der Waals surface area contributed by atoms with E-state index in [2.05, 4.69) is 31.1 Å². The molecule has 2 N–H and O–H groups in total. The first-order valence-electron chi connectivity index (χ1n) is 9.80. The fourth-order valence-corrected chi connectivity index (χ4v) is 3.65. The zero-order chi connectivity index (χ0) is 20.1. The van der Waals surface area contributed by atoms with Crippen LogP contribution in [0.15, 0.2) is 48.5 Å². The van der Waals surface area contributed by atoms with Gasteiger partial charge in [0.1, 0.15) is 0 Å². The largest absolute Gasteiger partial charge is 0.392 e. The number of hydrogen-bond donors (Lipinski definition) is 2. The lowest BCUT2D eigenvalue weighted by Gasteiger charge is -2.39. The summed E-state index contributed by atoms with van der Waals surface area (Å²) in [6.45, 7) is 5.96. The molecule has 150 valence electrons. The molecule has 1 aliphatic rings. The summed E-state index contributed by atoms with van der Waals surface area (Å²) in [7, 11) is 2.16. The standard InChI is InChI=1S/C23H30N2O3/c1-23(2)14-21(12-13-28-23)25(3)15-17-4-8-19(9-5-17)22(27)24-20-10-6-18(16-26)7-11-20/h4-11,21,26H,12-16H2,1-3H3,(H,24,27)/t21-/m0/s1. The lowest BCUT2D eigenvalue weighted by Crippen LogP contribution is -2.44. The van der Waals surface area contributed by atoms with Crippen LogP contribution in [0.5, 0.6) is 0 Å². The molecule has 0 aromatic heterocycles. The number of amides is 1. The third kappa shape index (κ3) is 5.41. The van der Waals surface area contributed by atoms with Crippen molar-refractivity contribution in [2.75, 3.05) is 19.0 Å². The van der Waals surface area contributed by atoms with Gasteiger partial charge in [0.25, 0.3) is 5.91 Å². The van der Waals surface area contributed by atoms with E-state index >= 15 is 0 Å². The Morgan fingerprint density at radius 3 is 2.39 bits per heavy atom. The lowest BCUT2D eigenvalue weighted by atomic mass is 9.93. The Labute approximate surface area is 167 Å². The lowest BCUT2D eigenvalue weighted by molar-refractivity contribution is -0.0809. The maximum Gasteiger partial charge on any atom is 0.255 e. The van der Waals surface area contributed by atoms with Gasteiger partial charge in [-0.25, -0.2) is 0 Å². The van der Waals surface area contributed by atoms with Gasteiger partial charge in [-0.3, -0.25) is 9.69 Å². The summed E-state index contributed by atoms with van der Waals surface area (Å²) in [5.41, 5.74) is 3.29. The number of benzene rings is 2. The van der Waals surface area contributed by atoms with E-state index in [-0.39, 0.29) is 18.1 Å². The molecule has 2 aromatic rings. The summed E-state index contributed by atoms with van der Waals surface area (Å²) in [5.74, 6) is -0.136. The maximum atomic E-state index is 12.4. The smallest absolute Gasteiger partial charge is 0.255 e. The molecule has 0 unspecified atom stereocenters. The topological polar surface area (TPSA) is 61.8 Å². The van der Waals surface area contributed by atoms with Crippen molar-refractivity contribution in [2.45, 2.75) is 51.5 Å². The summed E-state index contributed by atoms with van der Waals surface area (Å²) in [6.07, 6.45) is 2.08. The molecule has 5 nitrogen and oxygen atoms in total. The Morgan fingerprint density at radius 2 is 1.79 bits per heavy atom. The van der Waals surface area contributed by atoms with Gasteiger partial charge < -0.3 is 15.2 Å². The first-order valence-corrected chi connectivity index (χ1v) is 9.80. The van der Waals surface area contributed by atoms with Crippen LogP contribution in [0.25, 0.3) is 0 Å². The number of aliphatic hydroxyl groups excluding tert-OH is 1. The van der Waals surface area contributed by atoms with Gasteiger partial charge in [-0.15, -0.1) is 0 Å². The van der Waals surface area contributed by atoms with Crippen LogP contribution in [-0.4, -0.2) is 41.2 Å². The molecule has 5 heteroatoms. The average molecular weight is 383 g/mol. The fourth-order valence-electron chi connectivity index (χ4n) is 3.65. The second-order valence-electron chi connectivity index (χ2n) is 8.18. The third-order valence-electron chi connectivity index (χ3n) is 5.34. The predicted molar refractivity (Wildman–Crippen MR) is 111 cm³/mol. The van der Waals surface area contributed by atoms with Crippen molar-refractivity contribution < 1.29 is 14.6 Å². The molecule has 0 bridgehead atoms. The number of aliphatic hydroxyl groups is 1. The number of nitrogens with zero attached hydrogens (tertiary/aromatic N) is 1. The summed E-state index contributed by atoms with van der Waals surface area (Å²) in [5, 5.41) is 12.0. The Kier molecular flexibility index (Phi) is 6.50. The maximum absolute atomic E-state index is 12.4. The first-order chi connectivity index (χ1) is 13.4. The van der Waals surface area contributed by atoms with Gasteiger partial charge in [0, 0.05) is 30.4 Å². The van der Waals surface area contributed by atoms with Crippen LogP contribution in [0.2, 0.25) is 0 Å². The summed E-state index contributed by atoms with van der Waals surface area (Å²) < 4.78 is 5.82. The van der Waals surface area contributed by atoms with Crippen molar-refractivity contribution in [1.29, 1.82) is 0 Å². The van der Waals surface area contributed by atoms with Crippen LogP contribution in [0, 0.1) is 0 Å². The molecular weight excluding hydrogens is 352 g/mol. The Balaban J connectivity index is 1.57. The molecule has 0 spiro atoms. The van der Waals surface area contributed by atoms with Crippen molar-refractivity contribution in [3.05, 3.63) is 65.2 Å². The van der Waals surface area contributed by atoms with Gasteiger partial charge in [-0.2, -0.15) is 0 Å². The second-order valence-corrected chi connectivity index (χ2v) is 8.18.